The molecule has 1 heterocycles. The van der Waals surface area contributed by atoms with Gasteiger partial charge in [0.05, 0.1) is 6.04 Å². The van der Waals surface area contributed by atoms with Gasteiger partial charge in [-0.2, -0.15) is 0 Å². The van der Waals surface area contributed by atoms with Crippen molar-refractivity contribution in [3.63, 3.8) is 0 Å². The van der Waals surface area contributed by atoms with Gasteiger partial charge in [-0.1, -0.05) is 12.1 Å². The number of halogens is 7. The molecule has 1 unspecified atom stereocenters. The van der Waals surface area contributed by atoms with Gasteiger partial charge in [0, 0.05) is 11.4 Å². The zero-order valence-corrected chi connectivity index (χ0v) is 17.9. The van der Waals surface area contributed by atoms with Crippen molar-refractivity contribution in [2.45, 2.75) is 18.8 Å². The quantitative estimate of drug-likeness (QED) is 0.373. The molecule has 3 aromatic carbocycles. The van der Waals surface area contributed by atoms with E-state index in [4.69, 9.17) is 0 Å². The number of benzene rings is 3. The third-order valence-corrected chi connectivity index (χ3v) is 4.96. The second-order valence-electron chi connectivity index (χ2n) is 7.49. The van der Waals surface area contributed by atoms with Gasteiger partial charge < -0.3 is 14.8 Å². The Labute approximate surface area is 199 Å². The third-order valence-electron chi connectivity index (χ3n) is 4.96. The molecule has 1 amide bonds. The first-order chi connectivity index (χ1) is 16.9. The summed E-state index contributed by atoms with van der Waals surface area (Å²) in [6.45, 7) is 0. The van der Waals surface area contributed by atoms with E-state index in [0.717, 1.165) is 24.3 Å². The highest BCUT2D eigenvalue weighted by molar-refractivity contribution is 6.11. The molecule has 0 saturated carbocycles. The molecule has 0 spiro atoms. The summed E-state index contributed by atoms with van der Waals surface area (Å²) in [5.41, 5.74) is 0.859. The molecule has 4 rings (SSSR count). The Kier molecular flexibility index (Phi) is 6.53. The number of hydrogen-bond donors (Lipinski definition) is 1. The highest BCUT2D eigenvalue weighted by Gasteiger charge is 2.36. The first kappa shape index (κ1) is 24.9. The fourth-order valence-corrected chi connectivity index (χ4v) is 3.57. The second kappa shape index (κ2) is 9.44. The fourth-order valence-electron chi connectivity index (χ4n) is 3.57. The average Bonchev–Trinajstić information content (AvgIpc) is 3.10. The minimum atomic E-state index is -4.89. The summed E-state index contributed by atoms with van der Waals surface area (Å²) in [5.74, 6) is -2.12. The first-order valence-electron chi connectivity index (χ1n) is 10.2. The number of carbonyl (C=O) groups is 1. The summed E-state index contributed by atoms with van der Waals surface area (Å²) < 4.78 is 96.2. The molecule has 12 heteroatoms. The van der Waals surface area contributed by atoms with Gasteiger partial charge in [0.1, 0.15) is 23.0 Å². The Morgan fingerprint density at radius 1 is 0.778 bits per heavy atom. The van der Waals surface area contributed by atoms with Gasteiger partial charge in [-0.3, -0.25) is 9.69 Å². The molecule has 1 N–H and O–H groups in total. The van der Waals surface area contributed by atoms with Crippen LogP contribution in [0.4, 0.5) is 42.1 Å². The Bertz CT molecular complexity index is 1270. The van der Waals surface area contributed by atoms with Crippen molar-refractivity contribution in [1.82, 2.24) is 0 Å². The lowest BCUT2D eigenvalue weighted by Gasteiger charge is -2.25. The first-order valence-corrected chi connectivity index (χ1v) is 10.2. The van der Waals surface area contributed by atoms with Gasteiger partial charge in [-0.15, -0.1) is 26.3 Å². The number of carbonyl (C=O) groups excluding carboxylic acids is 1. The monoisotopic (exact) mass is 512 g/mol. The summed E-state index contributed by atoms with van der Waals surface area (Å²) in [5, 5.41) is 2.80. The Morgan fingerprint density at radius 3 is 1.86 bits per heavy atom. The highest BCUT2D eigenvalue weighted by atomic mass is 19.4. The molecule has 188 valence electrons. The molecular formula is C24H15F7N2O3. The minimum absolute atomic E-state index is 0.0179. The van der Waals surface area contributed by atoms with Crippen LogP contribution in [0.1, 0.15) is 11.6 Å². The van der Waals surface area contributed by atoms with Crippen molar-refractivity contribution in [3.8, 4) is 11.5 Å². The summed E-state index contributed by atoms with van der Waals surface area (Å²) >= 11 is 0. The highest BCUT2D eigenvalue weighted by Crippen LogP contribution is 2.37. The Morgan fingerprint density at radius 2 is 1.33 bits per heavy atom. The van der Waals surface area contributed by atoms with E-state index in [1.165, 1.54) is 53.4 Å². The van der Waals surface area contributed by atoms with Crippen molar-refractivity contribution in [2.24, 2.45) is 0 Å². The summed E-state index contributed by atoms with van der Waals surface area (Å²) in [6.07, 6.45) is -8.29. The van der Waals surface area contributed by atoms with Gasteiger partial charge in [0.25, 0.3) is 5.91 Å². The number of amides is 1. The van der Waals surface area contributed by atoms with Crippen LogP contribution in [0.2, 0.25) is 0 Å². The molecule has 0 saturated heterocycles. The molecular weight excluding hydrogens is 497 g/mol. The maximum atomic E-state index is 13.9. The molecule has 0 aromatic heterocycles. The molecule has 0 bridgehead atoms. The van der Waals surface area contributed by atoms with Crippen LogP contribution in [0.3, 0.4) is 0 Å². The SMILES string of the molecule is O=C1C(Nc2ccc(OC(F)(F)F)cc2)=CC(c2cccc(F)c2)N1c1ccc(OC(F)(F)F)cc1. The second-order valence-corrected chi connectivity index (χ2v) is 7.49. The predicted molar refractivity (Wildman–Crippen MR) is 115 cm³/mol. The lowest BCUT2D eigenvalue weighted by Crippen LogP contribution is -2.30. The number of ether oxygens (including phenoxy) is 2. The van der Waals surface area contributed by atoms with Crippen LogP contribution in [0.25, 0.3) is 0 Å². The average molecular weight is 512 g/mol. The molecule has 1 atom stereocenters. The molecule has 0 fully saturated rings. The van der Waals surface area contributed by atoms with Gasteiger partial charge in [-0.05, 0) is 72.3 Å². The number of anilines is 2. The van der Waals surface area contributed by atoms with E-state index in [0.29, 0.717) is 5.56 Å². The van der Waals surface area contributed by atoms with E-state index in [1.807, 2.05) is 0 Å². The van der Waals surface area contributed by atoms with Crippen molar-refractivity contribution in [2.75, 3.05) is 10.2 Å². The van der Waals surface area contributed by atoms with Crippen LogP contribution < -0.4 is 19.7 Å². The van der Waals surface area contributed by atoms with Crippen LogP contribution in [-0.4, -0.2) is 18.6 Å². The van der Waals surface area contributed by atoms with Crippen molar-refractivity contribution in [1.29, 1.82) is 0 Å². The standard InChI is InChI=1S/C24H15F7N2O3/c25-15-3-1-2-14(12-15)21-13-20(32-16-4-8-18(9-5-16)35-23(26,27)28)22(34)33(21)17-6-10-19(11-7-17)36-24(29,30)31/h1-13,21,32H. The number of hydrogen-bond acceptors (Lipinski definition) is 4. The smallest absolute Gasteiger partial charge is 0.406 e. The van der Waals surface area contributed by atoms with Crippen molar-refractivity contribution >= 4 is 17.3 Å². The fraction of sp³-hybridized carbons (Fsp3) is 0.125. The minimum Gasteiger partial charge on any atom is -0.406 e. The Hall–Kier alpha value is -4.22. The zero-order valence-electron chi connectivity index (χ0n) is 17.9. The van der Waals surface area contributed by atoms with Gasteiger partial charge in [0.15, 0.2) is 0 Å². The van der Waals surface area contributed by atoms with E-state index in [1.54, 1.807) is 6.07 Å². The van der Waals surface area contributed by atoms with Crippen LogP contribution >= 0.6 is 0 Å². The van der Waals surface area contributed by atoms with Crippen LogP contribution in [0.5, 0.6) is 11.5 Å². The van der Waals surface area contributed by atoms with Crippen molar-refractivity contribution in [3.05, 3.63) is 96.0 Å². The van der Waals surface area contributed by atoms with E-state index in [-0.39, 0.29) is 17.1 Å². The molecule has 3 aromatic rings. The van der Waals surface area contributed by atoms with E-state index in [2.05, 4.69) is 14.8 Å². The number of nitrogens with one attached hydrogen (secondary N) is 1. The topological polar surface area (TPSA) is 50.8 Å². The van der Waals surface area contributed by atoms with E-state index < -0.39 is 42.0 Å². The van der Waals surface area contributed by atoms with Gasteiger partial charge in [0.2, 0.25) is 0 Å². The Balaban J connectivity index is 1.62. The summed E-state index contributed by atoms with van der Waals surface area (Å²) in [6, 6.07) is 13.8. The number of alkyl halides is 6. The van der Waals surface area contributed by atoms with Crippen LogP contribution in [0.15, 0.2) is 84.6 Å². The molecule has 1 aliphatic heterocycles. The third kappa shape index (κ3) is 6.06. The van der Waals surface area contributed by atoms with Gasteiger partial charge >= 0.3 is 12.7 Å². The predicted octanol–water partition coefficient (Wildman–Crippen LogP) is 6.71. The summed E-state index contributed by atoms with van der Waals surface area (Å²) in [7, 11) is 0. The zero-order chi connectivity index (χ0) is 26.1. The van der Waals surface area contributed by atoms with Gasteiger partial charge in [-0.25, -0.2) is 4.39 Å². The normalized spacial score (nSPS) is 16.1. The summed E-state index contributed by atoms with van der Waals surface area (Å²) in [4.78, 5) is 14.5. The lowest BCUT2D eigenvalue weighted by atomic mass is 10.1. The number of nitrogens with zero attached hydrogens (tertiary/aromatic N) is 1. The molecule has 0 aliphatic carbocycles. The molecule has 0 radical (unpaired) electrons. The van der Waals surface area contributed by atoms with Crippen LogP contribution in [-0.2, 0) is 4.79 Å². The lowest BCUT2D eigenvalue weighted by molar-refractivity contribution is -0.275. The number of rotatable bonds is 6. The van der Waals surface area contributed by atoms with E-state index >= 15 is 0 Å². The maximum absolute atomic E-state index is 13.9. The van der Waals surface area contributed by atoms with Crippen molar-refractivity contribution < 1.29 is 45.0 Å². The molecule has 5 nitrogen and oxygen atoms in total. The maximum Gasteiger partial charge on any atom is 0.573 e. The van der Waals surface area contributed by atoms with E-state index in [9.17, 15) is 35.5 Å². The van der Waals surface area contributed by atoms with Crippen LogP contribution in [0, 0.1) is 5.82 Å². The molecule has 36 heavy (non-hydrogen) atoms. The largest absolute Gasteiger partial charge is 0.573 e. The molecule has 1 aliphatic rings.